The lowest BCUT2D eigenvalue weighted by Gasteiger charge is -2.42. The van der Waals surface area contributed by atoms with Crippen LogP contribution in [0.1, 0.15) is 33.6 Å². The van der Waals surface area contributed by atoms with Gasteiger partial charge in [0.15, 0.2) is 0 Å². The molecule has 2 rings (SSSR count). The molecule has 0 aliphatic carbocycles. The largest absolute Gasteiger partial charge is 0.381 e. The molecule has 0 bridgehead atoms. The Hall–Kier alpha value is -1.06. The molecule has 1 N–H and O–H groups in total. The molecule has 1 aromatic carbocycles. The minimum absolute atomic E-state index is 0.231. The van der Waals surface area contributed by atoms with Crippen LogP contribution in [0.15, 0.2) is 30.3 Å². The summed E-state index contributed by atoms with van der Waals surface area (Å²) in [5.74, 6) is 0. The number of hydrogen-bond acceptors (Lipinski definition) is 3. The number of rotatable bonds is 7. The smallest absolute Gasteiger partial charge is 0.0551 e. The Labute approximate surface area is 129 Å². The quantitative estimate of drug-likeness (QED) is 0.834. The average molecular weight is 290 g/mol. The van der Waals surface area contributed by atoms with Crippen molar-refractivity contribution in [3.63, 3.8) is 0 Å². The minimum atomic E-state index is 0.231. The van der Waals surface area contributed by atoms with Gasteiger partial charge in [-0.15, -0.1) is 0 Å². The molecule has 1 aliphatic heterocycles. The predicted molar refractivity (Wildman–Crippen MR) is 90.0 cm³/mol. The first-order valence-electron chi connectivity index (χ1n) is 8.26. The van der Waals surface area contributed by atoms with E-state index in [1.807, 2.05) is 0 Å². The number of hydrogen-bond donors (Lipinski definition) is 1. The third kappa shape index (κ3) is 4.72. The molecule has 0 aromatic heterocycles. The number of ether oxygens (including phenoxy) is 1. The van der Waals surface area contributed by atoms with E-state index < -0.39 is 0 Å². The lowest BCUT2D eigenvalue weighted by molar-refractivity contribution is -0.00400. The third-order valence-electron chi connectivity index (χ3n) is 4.32. The van der Waals surface area contributed by atoms with E-state index >= 15 is 0 Å². The van der Waals surface area contributed by atoms with Gasteiger partial charge in [0.1, 0.15) is 0 Å². The zero-order chi connectivity index (χ0) is 15.1. The molecular formula is C18H30N2O. The number of benzene rings is 1. The molecule has 21 heavy (non-hydrogen) atoms. The van der Waals surface area contributed by atoms with Crippen LogP contribution in [0.3, 0.4) is 0 Å². The third-order valence-corrected chi connectivity index (χ3v) is 4.32. The summed E-state index contributed by atoms with van der Waals surface area (Å²) in [5, 5.41) is 3.63. The highest BCUT2D eigenvalue weighted by atomic mass is 16.5. The predicted octanol–water partition coefficient (Wildman–Crippen LogP) is 3.31. The van der Waals surface area contributed by atoms with Gasteiger partial charge < -0.3 is 15.0 Å². The van der Waals surface area contributed by atoms with Gasteiger partial charge in [-0.25, -0.2) is 0 Å². The van der Waals surface area contributed by atoms with Crippen molar-refractivity contribution in [2.24, 2.45) is 5.41 Å². The fourth-order valence-electron chi connectivity index (χ4n) is 3.08. The summed E-state index contributed by atoms with van der Waals surface area (Å²) >= 11 is 0. The number of anilines is 1. The fraction of sp³-hybridized carbons (Fsp3) is 0.667. The van der Waals surface area contributed by atoms with Crippen molar-refractivity contribution in [2.75, 3.05) is 37.7 Å². The van der Waals surface area contributed by atoms with Crippen LogP contribution in [0.4, 0.5) is 5.69 Å². The summed E-state index contributed by atoms with van der Waals surface area (Å²) in [6.45, 7) is 11.6. The van der Waals surface area contributed by atoms with Crippen molar-refractivity contribution >= 4 is 5.69 Å². The van der Waals surface area contributed by atoms with Crippen LogP contribution < -0.4 is 10.2 Å². The summed E-state index contributed by atoms with van der Waals surface area (Å²) in [7, 11) is 0. The standard InChI is InChI=1S/C18H30N2O/c1-4-20(17-9-6-5-7-10-17)14-18(13-19-16(2)3)11-8-12-21-15-18/h5-7,9-10,16,19H,4,8,11-15H2,1-3H3. The van der Waals surface area contributed by atoms with Crippen LogP contribution in [-0.2, 0) is 4.74 Å². The van der Waals surface area contributed by atoms with E-state index in [-0.39, 0.29) is 5.41 Å². The highest BCUT2D eigenvalue weighted by Crippen LogP contribution is 2.31. The number of nitrogens with one attached hydrogen (secondary N) is 1. The van der Waals surface area contributed by atoms with E-state index in [9.17, 15) is 0 Å². The van der Waals surface area contributed by atoms with Gasteiger partial charge in [0, 0.05) is 43.4 Å². The van der Waals surface area contributed by atoms with Crippen molar-refractivity contribution in [1.82, 2.24) is 5.32 Å². The maximum Gasteiger partial charge on any atom is 0.0551 e. The Morgan fingerprint density at radius 2 is 2.05 bits per heavy atom. The Balaban J connectivity index is 2.09. The highest BCUT2D eigenvalue weighted by molar-refractivity contribution is 5.46. The molecule has 1 unspecified atom stereocenters. The summed E-state index contributed by atoms with van der Waals surface area (Å²) in [5.41, 5.74) is 1.54. The van der Waals surface area contributed by atoms with Crippen LogP contribution in [0.2, 0.25) is 0 Å². The molecule has 1 atom stereocenters. The van der Waals surface area contributed by atoms with Crippen molar-refractivity contribution in [1.29, 1.82) is 0 Å². The lowest BCUT2D eigenvalue weighted by atomic mass is 9.81. The van der Waals surface area contributed by atoms with Crippen LogP contribution in [0.5, 0.6) is 0 Å². The molecule has 0 spiro atoms. The highest BCUT2D eigenvalue weighted by Gasteiger charge is 2.34. The molecule has 1 aromatic rings. The van der Waals surface area contributed by atoms with E-state index in [0.29, 0.717) is 6.04 Å². The second kappa shape index (κ2) is 7.81. The Kier molecular flexibility index (Phi) is 6.07. The molecule has 118 valence electrons. The van der Waals surface area contributed by atoms with E-state index in [0.717, 1.165) is 32.8 Å². The van der Waals surface area contributed by atoms with Gasteiger partial charge in [-0.05, 0) is 31.9 Å². The van der Waals surface area contributed by atoms with Crippen LogP contribution in [0.25, 0.3) is 0 Å². The molecule has 1 aliphatic rings. The van der Waals surface area contributed by atoms with E-state index in [1.165, 1.54) is 18.5 Å². The molecule has 1 heterocycles. The Morgan fingerprint density at radius 3 is 2.62 bits per heavy atom. The molecule has 0 radical (unpaired) electrons. The summed E-state index contributed by atoms with van der Waals surface area (Å²) in [6, 6.07) is 11.3. The number of para-hydroxylation sites is 1. The van der Waals surface area contributed by atoms with Gasteiger partial charge in [0.05, 0.1) is 6.61 Å². The minimum Gasteiger partial charge on any atom is -0.381 e. The molecule has 1 fully saturated rings. The zero-order valence-electron chi connectivity index (χ0n) is 13.8. The molecule has 1 saturated heterocycles. The maximum atomic E-state index is 5.83. The molecule has 3 heteroatoms. The van der Waals surface area contributed by atoms with Crippen molar-refractivity contribution < 1.29 is 4.74 Å². The van der Waals surface area contributed by atoms with Crippen LogP contribution in [-0.4, -0.2) is 38.9 Å². The topological polar surface area (TPSA) is 24.5 Å². The molecule has 0 saturated carbocycles. The molecular weight excluding hydrogens is 260 g/mol. The number of nitrogens with zero attached hydrogens (tertiary/aromatic N) is 1. The first-order valence-corrected chi connectivity index (χ1v) is 8.26. The van der Waals surface area contributed by atoms with Crippen molar-refractivity contribution in [3.05, 3.63) is 30.3 Å². The first kappa shape index (κ1) is 16.3. The lowest BCUT2D eigenvalue weighted by Crippen LogP contribution is -2.50. The van der Waals surface area contributed by atoms with E-state index in [1.54, 1.807) is 0 Å². The van der Waals surface area contributed by atoms with Crippen LogP contribution >= 0.6 is 0 Å². The molecule has 0 amide bonds. The van der Waals surface area contributed by atoms with Gasteiger partial charge >= 0.3 is 0 Å². The normalized spacial score (nSPS) is 22.5. The van der Waals surface area contributed by atoms with Gasteiger partial charge in [-0.2, -0.15) is 0 Å². The van der Waals surface area contributed by atoms with E-state index in [4.69, 9.17) is 4.74 Å². The molecule has 3 nitrogen and oxygen atoms in total. The fourth-order valence-corrected chi connectivity index (χ4v) is 3.08. The van der Waals surface area contributed by atoms with Gasteiger partial charge in [-0.3, -0.25) is 0 Å². The zero-order valence-corrected chi connectivity index (χ0v) is 13.8. The summed E-state index contributed by atoms with van der Waals surface area (Å²) in [4.78, 5) is 2.48. The van der Waals surface area contributed by atoms with Crippen LogP contribution in [0, 0.1) is 5.41 Å². The summed E-state index contributed by atoms with van der Waals surface area (Å²) in [6.07, 6.45) is 2.42. The Morgan fingerprint density at radius 1 is 1.29 bits per heavy atom. The second-order valence-electron chi connectivity index (χ2n) is 6.54. The first-order chi connectivity index (χ1) is 10.2. The van der Waals surface area contributed by atoms with Gasteiger partial charge in [0.2, 0.25) is 0 Å². The second-order valence-corrected chi connectivity index (χ2v) is 6.54. The van der Waals surface area contributed by atoms with Gasteiger partial charge in [-0.1, -0.05) is 32.0 Å². The monoisotopic (exact) mass is 290 g/mol. The Bertz CT molecular complexity index is 399. The van der Waals surface area contributed by atoms with Crippen molar-refractivity contribution in [2.45, 2.75) is 39.7 Å². The average Bonchev–Trinajstić information content (AvgIpc) is 2.53. The SMILES string of the molecule is CCN(CC1(CNC(C)C)CCCOC1)c1ccccc1. The maximum absolute atomic E-state index is 5.83. The van der Waals surface area contributed by atoms with E-state index in [2.05, 4.69) is 61.3 Å². The summed E-state index contributed by atoms with van der Waals surface area (Å²) < 4.78 is 5.83. The van der Waals surface area contributed by atoms with Crippen molar-refractivity contribution in [3.8, 4) is 0 Å². The van der Waals surface area contributed by atoms with Gasteiger partial charge in [0.25, 0.3) is 0 Å².